The summed E-state index contributed by atoms with van der Waals surface area (Å²) in [4.78, 5) is 13.2. The Bertz CT molecular complexity index is 826. The second-order valence-electron chi connectivity index (χ2n) is 4.65. The monoisotopic (exact) mass is 311 g/mol. The van der Waals surface area contributed by atoms with Crippen molar-refractivity contribution in [1.29, 1.82) is 0 Å². The number of benzene rings is 2. The number of carbonyl (C=O) groups excluding carboxylic acids is 1. The van der Waals surface area contributed by atoms with Crippen LogP contribution >= 0.6 is 11.3 Å². The highest BCUT2D eigenvalue weighted by Crippen LogP contribution is 2.36. The number of hydrogen-bond acceptors (Lipinski definition) is 4. The molecule has 1 amide bonds. The molecular weight excluding hydrogens is 298 g/mol. The van der Waals surface area contributed by atoms with E-state index in [1.807, 2.05) is 18.2 Å². The van der Waals surface area contributed by atoms with Crippen molar-refractivity contribution in [3.63, 3.8) is 0 Å². The Morgan fingerprint density at radius 2 is 1.64 bits per heavy atom. The fourth-order valence-electron chi connectivity index (χ4n) is 2.13. The molecular formula is C17H13NO3S. The molecule has 0 saturated carbocycles. The molecule has 3 rings (SSSR count). The number of nitrogens with one attached hydrogen (secondary N) is 1. The summed E-state index contributed by atoms with van der Waals surface area (Å²) < 4.78 is 0. The second-order valence-corrected chi connectivity index (χ2v) is 5.72. The van der Waals surface area contributed by atoms with Gasteiger partial charge in [-0.15, -0.1) is 0 Å². The number of hydrogen-bond donors (Lipinski definition) is 3. The fraction of sp³-hybridized carbons (Fsp3) is 0. The van der Waals surface area contributed by atoms with E-state index in [1.165, 1.54) is 17.4 Å². The Labute approximate surface area is 131 Å². The predicted octanol–water partition coefficient (Wildman–Crippen LogP) is 4.08. The van der Waals surface area contributed by atoms with Gasteiger partial charge >= 0.3 is 0 Å². The number of para-hydroxylation sites is 2. The van der Waals surface area contributed by atoms with E-state index in [0.29, 0.717) is 5.69 Å². The number of aromatic hydroxyl groups is 2. The Kier molecular flexibility index (Phi) is 3.80. The van der Waals surface area contributed by atoms with E-state index >= 15 is 0 Å². The molecule has 0 saturated heterocycles. The lowest BCUT2D eigenvalue weighted by atomic mass is 10.1. The molecule has 0 bridgehead atoms. The molecule has 2 aromatic carbocycles. The molecule has 0 radical (unpaired) electrons. The lowest BCUT2D eigenvalue weighted by Gasteiger charge is -2.10. The summed E-state index contributed by atoms with van der Waals surface area (Å²) in [5.74, 6) is -0.447. The van der Waals surface area contributed by atoms with Gasteiger partial charge in [-0.05, 0) is 30.3 Å². The smallest absolute Gasteiger partial charge is 0.259 e. The Morgan fingerprint density at radius 3 is 2.36 bits per heavy atom. The first-order valence-corrected chi connectivity index (χ1v) is 7.44. The third kappa shape index (κ3) is 2.80. The van der Waals surface area contributed by atoms with Gasteiger partial charge in [0.2, 0.25) is 0 Å². The van der Waals surface area contributed by atoms with Crippen LogP contribution < -0.4 is 5.32 Å². The largest absolute Gasteiger partial charge is 0.507 e. The first-order chi connectivity index (χ1) is 10.6. The third-order valence-electron chi connectivity index (χ3n) is 3.18. The lowest BCUT2D eigenvalue weighted by molar-refractivity contribution is 0.102. The molecule has 3 aromatic rings. The van der Waals surface area contributed by atoms with Crippen molar-refractivity contribution in [2.75, 3.05) is 5.32 Å². The van der Waals surface area contributed by atoms with Crippen LogP contribution in [-0.2, 0) is 0 Å². The zero-order chi connectivity index (χ0) is 15.5. The van der Waals surface area contributed by atoms with Crippen molar-refractivity contribution in [1.82, 2.24) is 0 Å². The van der Waals surface area contributed by atoms with Crippen molar-refractivity contribution >= 4 is 22.9 Å². The molecule has 0 aliphatic heterocycles. The van der Waals surface area contributed by atoms with Crippen LogP contribution in [0, 0.1) is 0 Å². The third-order valence-corrected chi connectivity index (χ3v) is 4.10. The summed E-state index contributed by atoms with van der Waals surface area (Å²) in [7, 11) is 0. The zero-order valence-corrected chi connectivity index (χ0v) is 12.3. The van der Waals surface area contributed by atoms with E-state index < -0.39 is 0 Å². The molecule has 0 atom stereocenters. The molecule has 3 N–H and O–H groups in total. The van der Waals surface area contributed by atoms with Crippen molar-refractivity contribution in [2.45, 2.75) is 0 Å². The Balaban J connectivity index is 1.93. The van der Waals surface area contributed by atoms with Crippen LogP contribution in [0.4, 0.5) is 5.69 Å². The normalized spacial score (nSPS) is 10.4. The van der Waals surface area contributed by atoms with E-state index in [1.54, 1.807) is 36.4 Å². The highest BCUT2D eigenvalue weighted by atomic mass is 32.1. The van der Waals surface area contributed by atoms with Crippen LogP contribution in [0.2, 0.25) is 0 Å². The van der Waals surface area contributed by atoms with Crippen molar-refractivity contribution in [3.8, 4) is 21.3 Å². The summed E-state index contributed by atoms with van der Waals surface area (Å²) in [6.07, 6.45) is 0. The summed E-state index contributed by atoms with van der Waals surface area (Å²) in [5, 5.41) is 22.3. The van der Waals surface area contributed by atoms with E-state index in [2.05, 4.69) is 5.32 Å². The van der Waals surface area contributed by atoms with Crippen LogP contribution in [0.15, 0.2) is 60.7 Å². The summed E-state index contributed by atoms with van der Waals surface area (Å²) in [5.41, 5.74) is 1.65. The van der Waals surface area contributed by atoms with Crippen molar-refractivity contribution in [2.24, 2.45) is 0 Å². The minimum absolute atomic E-state index is 0.0637. The number of phenols is 1. The van der Waals surface area contributed by atoms with E-state index in [4.69, 9.17) is 0 Å². The number of rotatable bonds is 3. The molecule has 1 aromatic heterocycles. The minimum atomic E-state index is -0.383. The summed E-state index contributed by atoms with van der Waals surface area (Å²) in [6.45, 7) is 0. The van der Waals surface area contributed by atoms with Gasteiger partial charge < -0.3 is 15.5 Å². The van der Waals surface area contributed by atoms with Gasteiger partial charge in [0.1, 0.15) is 5.75 Å². The van der Waals surface area contributed by atoms with Gasteiger partial charge in [0.05, 0.1) is 5.56 Å². The van der Waals surface area contributed by atoms with Gasteiger partial charge in [-0.3, -0.25) is 4.79 Å². The zero-order valence-electron chi connectivity index (χ0n) is 11.5. The van der Waals surface area contributed by atoms with E-state index in [0.717, 1.165) is 10.4 Å². The molecule has 4 nitrogen and oxygen atoms in total. The number of phenolic OH excluding ortho intramolecular Hbond substituents is 1. The molecule has 1 heterocycles. The number of thiophene rings is 1. The SMILES string of the molecule is O=C(Nc1ccccc1-c1ccc(O)s1)c1ccccc1O. The molecule has 0 fully saturated rings. The van der Waals surface area contributed by atoms with Gasteiger partial charge in [0, 0.05) is 16.1 Å². The first kappa shape index (κ1) is 14.2. The maximum absolute atomic E-state index is 12.3. The lowest BCUT2D eigenvalue weighted by Crippen LogP contribution is -2.12. The second kappa shape index (κ2) is 5.91. The molecule has 0 spiro atoms. The molecule has 0 unspecified atom stereocenters. The van der Waals surface area contributed by atoms with Gasteiger partial charge in [-0.1, -0.05) is 41.7 Å². The number of anilines is 1. The fourth-order valence-corrected chi connectivity index (χ4v) is 2.92. The van der Waals surface area contributed by atoms with Crippen LogP contribution in [0.1, 0.15) is 10.4 Å². The summed E-state index contributed by atoms with van der Waals surface area (Å²) >= 11 is 1.24. The number of carbonyl (C=O) groups is 1. The Hall–Kier alpha value is -2.79. The predicted molar refractivity (Wildman–Crippen MR) is 87.5 cm³/mol. The minimum Gasteiger partial charge on any atom is -0.507 e. The Morgan fingerprint density at radius 1 is 0.909 bits per heavy atom. The van der Waals surface area contributed by atoms with E-state index in [9.17, 15) is 15.0 Å². The molecule has 0 aliphatic rings. The van der Waals surface area contributed by atoms with E-state index in [-0.39, 0.29) is 22.3 Å². The quantitative estimate of drug-likeness (QED) is 0.682. The molecule has 5 heteroatoms. The van der Waals surface area contributed by atoms with Crippen LogP contribution in [0.25, 0.3) is 10.4 Å². The topological polar surface area (TPSA) is 69.6 Å². The average Bonchev–Trinajstić information content (AvgIpc) is 2.94. The van der Waals surface area contributed by atoms with Gasteiger partial charge in [-0.2, -0.15) is 0 Å². The maximum Gasteiger partial charge on any atom is 0.259 e. The molecule has 110 valence electrons. The first-order valence-electron chi connectivity index (χ1n) is 6.62. The molecule has 22 heavy (non-hydrogen) atoms. The van der Waals surface area contributed by atoms with Crippen LogP contribution in [0.3, 0.4) is 0 Å². The maximum atomic E-state index is 12.3. The van der Waals surface area contributed by atoms with Gasteiger partial charge in [0.15, 0.2) is 5.06 Å². The number of amides is 1. The summed E-state index contributed by atoms with van der Waals surface area (Å²) in [6, 6.07) is 17.1. The van der Waals surface area contributed by atoms with Crippen molar-refractivity contribution < 1.29 is 15.0 Å². The van der Waals surface area contributed by atoms with Gasteiger partial charge in [0.25, 0.3) is 5.91 Å². The average molecular weight is 311 g/mol. The highest BCUT2D eigenvalue weighted by Gasteiger charge is 2.13. The molecule has 0 aliphatic carbocycles. The van der Waals surface area contributed by atoms with Crippen LogP contribution in [0.5, 0.6) is 10.8 Å². The van der Waals surface area contributed by atoms with Crippen LogP contribution in [-0.4, -0.2) is 16.1 Å². The van der Waals surface area contributed by atoms with Gasteiger partial charge in [-0.25, -0.2) is 0 Å². The standard InChI is InChI=1S/C17H13NO3S/c19-14-8-4-2-6-12(14)17(21)18-13-7-3-1-5-11(13)15-9-10-16(20)22-15/h1-10,19-20H,(H,18,21). The highest BCUT2D eigenvalue weighted by molar-refractivity contribution is 7.17. The van der Waals surface area contributed by atoms with Crippen molar-refractivity contribution in [3.05, 3.63) is 66.2 Å².